The summed E-state index contributed by atoms with van der Waals surface area (Å²) in [5.41, 5.74) is 0. The Morgan fingerprint density at radius 1 is 0.333 bits per heavy atom. The quantitative estimate of drug-likeness (QED) is 0.0417. The third-order valence-electron chi connectivity index (χ3n) is 15.9. The van der Waals surface area contributed by atoms with Crippen molar-refractivity contribution in [3.63, 3.8) is 0 Å². The largest absolute Gasteiger partial charge is 0.466 e. The molecule has 0 heterocycles. The van der Waals surface area contributed by atoms with E-state index >= 15 is 0 Å². The highest BCUT2D eigenvalue weighted by atomic mass is 16.5. The van der Waals surface area contributed by atoms with Crippen molar-refractivity contribution in [2.75, 3.05) is 13.2 Å². The number of rotatable bonds is 63. The Morgan fingerprint density at radius 3 is 0.847 bits per heavy atom. The van der Waals surface area contributed by atoms with Crippen molar-refractivity contribution in [1.82, 2.24) is 5.32 Å². The van der Waals surface area contributed by atoms with E-state index in [1.807, 2.05) is 0 Å². The second-order valence-electron chi connectivity index (χ2n) is 23.2. The number of hydrogen-bond donors (Lipinski definition) is 3. The molecule has 0 aromatic heterocycles. The Balaban J connectivity index is 3.37. The van der Waals surface area contributed by atoms with Gasteiger partial charge in [0, 0.05) is 12.8 Å². The number of aliphatic hydroxyl groups is 2. The van der Waals surface area contributed by atoms with Crippen molar-refractivity contribution in [3.8, 4) is 0 Å². The number of carbonyl (C=O) groups is 2. The van der Waals surface area contributed by atoms with Crippen molar-refractivity contribution in [3.05, 3.63) is 0 Å². The van der Waals surface area contributed by atoms with Crippen LogP contribution < -0.4 is 5.32 Å². The summed E-state index contributed by atoms with van der Waals surface area (Å²) in [6.45, 7) is 5.00. The van der Waals surface area contributed by atoms with Gasteiger partial charge in [-0.05, 0) is 25.7 Å². The fraction of sp³-hybridized carbons (Fsp3) is 0.970. The first-order valence-corrected chi connectivity index (χ1v) is 33.3. The van der Waals surface area contributed by atoms with Gasteiger partial charge in [-0.3, -0.25) is 9.59 Å². The maximum absolute atomic E-state index is 12.5. The lowest BCUT2D eigenvalue weighted by Crippen LogP contribution is -2.45. The summed E-state index contributed by atoms with van der Waals surface area (Å²) in [7, 11) is 0. The van der Waals surface area contributed by atoms with Crippen molar-refractivity contribution >= 4 is 11.9 Å². The number of esters is 1. The van der Waals surface area contributed by atoms with Crippen LogP contribution in [0.1, 0.15) is 386 Å². The molecule has 430 valence electrons. The Labute approximate surface area is 451 Å². The van der Waals surface area contributed by atoms with Crippen molar-refractivity contribution in [2.24, 2.45) is 0 Å². The van der Waals surface area contributed by atoms with E-state index in [-0.39, 0.29) is 18.5 Å². The van der Waals surface area contributed by atoms with Crippen LogP contribution in [0.25, 0.3) is 0 Å². The van der Waals surface area contributed by atoms with Gasteiger partial charge in [0.2, 0.25) is 5.91 Å². The molecular weight excluding hydrogens is 887 g/mol. The summed E-state index contributed by atoms with van der Waals surface area (Å²) in [5, 5.41) is 23.4. The molecule has 0 fully saturated rings. The highest BCUT2D eigenvalue weighted by Gasteiger charge is 2.20. The van der Waals surface area contributed by atoms with Crippen LogP contribution >= 0.6 is 0 Å². The van der Waals surface area contributed by atoms with E-state index < -0.39 is 12.1 Å². The molecule has 72 heavy (non-hydrogen) atoms. The molecule has 0 aromatic carbocycles. The molecule has 0 aliphatic carbocycles. The van der Waals surface area contributed by atoms with Crippen molar-refractivity contribution in [1.29, 1.82) is 0 Å². The van der Waals surface area contributed by atoms with Crippen LogP contribution in [0.2, 0.25) is 0 Å². The number of nitrogens with one attached hydrogen (secondary N) is 1. The first-order chi connectivity index (χ1) is 35.5. The summed E-state index contributed by atoms with van der Waals surface area (Å²) in [6.07, 6.45) is 74.1. The molecule has 0 aliphatic heterocycles. The number of hydrogen-bond acceptors (Lipinski definition) is 5. The molecular formula is C66H131NO5. The Kier molecular flexibility index (Phi) is 61.4. The molecule has 0 aromatic rings. The normalized spacial score (nSPS) is 12.4. The van der Waals surface area contributed by atoms with Crippen LogP contribution in [-0.4, -0.2) is 47.4 Å². The Hall–Kier alpha value is -1.14. The zero-order chi connectivity index (χ0) is 52.2. The number of aliphatic hydroxyl groups excluding tert-OH is 2. The zero-order valence-corrected chi connectivity index (χ0v) is 49.2. The maximum atomic E-state index is 12.5. The molecule has 0 saturated heterocycles. The lowest BCUT2D eigenvalue weighted by atomic mass is 10.0. The molecule has 0 spiro atoms. The van der Waals surface area contributed by atoms with Crippen molar-refractivity contribution < 1.29 is 24.5 Å². The highest BCUT2D eigenvalue weighted by molar-refractivity contribution is 5.76. The van der Waals surface area contributed by atoms with Gasteiger partial charge in [-0.2, -0.15) is 0 Å². The van der Waals surface area contributed by atoms with Gasteiger partial charge < -0.3 is 20.3 Å². The number of ether oxygens (including phenoxy) is 1. The molecule has 6 heteroatoms. The van der Waals surface area contributed by atoms with E-state index in [0.717, 1.165) is 38.5 Å². The molecule has 3 N–H and O–H groups in total. The second-order valence-corrected chi connectivity index (χ2v) is 23.2. The average Bonchev–Trinajstić information content (AvgIpc) is 3.38. The lowest BCUT2D eigenvalue weighted by Gasteiger charge is -2.22. The predicted octanol–water partition coefficient (Wildman–Crippen LogP) is 21.0. The van der Waals surface area contributed by atoms with Crippen LogP contribution in [0.15, 0.2) is 0 Å². The van der Waals surface area contributed by atoms with E-state index in [4.69, 9.17) is 4.74 Å². The SMILES string of the molecule is CCCCCCCCCCCCCCCCCCCCCC(O)C(CO)NC(=O)CCCCCCCCCCCCCCCCCCCCCCCOC(=O)CCCCCCCCCCCCCCCCC. The number of carbonyl (C=O) groups excluding carboxylic acids is 2. The number of amides is 1. The summed E-state index contributed by atoms with van der Waals surface area (Å²) < 4.78 is 5.49. The van der Waals surface area contributed by atoms with Crippen LogP contribution in [0.4, 0.5) is 0 Å². The highest BCUT2D eigenvalue weighted by Crippen LogP contribution is 2.19. The summed E-state index contributed by atoms with van der Waals surface area (Å²) in [6, 6.07) is -0.541. The minimum Gasteiger partial charge on any atom is -0.466 e. The third-order valence-corrected chi connectivity index (χ3v) is 15.9. The van der Waals surface area contributed by atoms with Gasteiger partial charge >= 0.3 is 5.97 Å². The lowest BCUT2D eigenvalue weighted by molar-refractivity contribution is -0.143. The summed E-state index contributed by atoms with van der Waals surface area (Å²) >= 11 is 0. The van der Waals surface area contributed by atoms with E-state index in [1.165, 1.54) is 315 Å². The molecule has 0 aliphatic rings. The van der Waals surface area contributed by atoms with E-state index in [0.29, 0.717) is 25.9 Å². The maximum Gasteiger partial charge on any atom is 0.305 e. The Morgan fingerprint density at radius 2 is 0.569 bits per heavy atom. The van der Waals surface area contributed by atoms with Crippen LogP contribution in [-0.2, 0) is 14.3 Å². The first-order valence-electron chi connectivity index (χ1n) is 33.3. The van der Waals surface area contributed by atoms with Gasteiger partial charge in [-0.15, -0.1) is 0 Å². The third kappa shape index (κ3) is 58.1. The fourth-order valence-corrected chi connectivity index (χ4v) is 10.8. The van der Waals surface area contributed by atoms with E-state index in [2.05, 4.69) is 19.2 Å². The molecule has 0 bridgehead atoms. The smallest absolute Gasteiger partial charge is 0.305 e. The van der Waals surface area contributed by atoms with Crippen LogP contribution in [0, 0.1) is 0 Å². The Bertz CT molecular complexity index is 1040. The van der Waals surface area contributed by atoms with Crippen molar-refractivity contribution in [2.45, 2.75) is 398 Å². The first kappa shape index (κ1) is 70.9. The monoisotopic (exact) mass is 1020 g/mol. The van der Waals surface area contributed by atoms with Gasteiger partial charge in [0.25, 0.3) is 0 Å². The summed E-state index contributed by atoms with van der Waals surface area (Å²) in [5.74, 6) is -0.0149. The van der Waals surface area contributed by atoms with Gasteiger partial charge in [-0.1, -0.05) is 348 Å². The van der Waals surface area contributed by atoms with E-state index in [9.17, 15) is 19.8 Å². The minimum absolute atomic E-state index is 0.0163. The van der Waals surface area contributed by atoms with Gasteiger partial charge in [0.1, 0.15) is 0 Å². The standard InChI is InChI=1S/C66H131NO5/c1-3-5-7-9-11-13-15-17-19-20-24-27-31-34-38-42-46-50-54-58-64(69)63(62-68)67-65(70)59-55-51-47-43-39-35-32-28-25-22-21-23-26-29-33-37-41-45-49-53-57-61-72-66(71)60-56-52-48-44-40-36-30-18-16-14-12-10-8-6-4-2/h63-64,68-69H,3-62H2,1-2H3,(H,67,70). The molecule has 0 rings (SSSR count). The van der Waals surface area contributed by atoms with Crippen LogP contribution in [0.3, 0.4) is 0 Å². The fourth-order valence-electron chi connectivity index (χ4n) is 10.8. The molecule has 0 saturated carbocycles. The molecule has 6 nitrogen and oxygen atoms in total. The van der Waals surface area contributed by atoms with Gasteiger partial charge in [0.15, 0.2) is 0 Å². The topological polar surface area (TPSA) is 95.9 Å². The minimum atomic E-state index is -0.664. The van der Waals surface area contributed by atoms with E-state index in [1.54, 1.807) is 0 Å². The molecule has 2 unspecified atom stereocenters. The van der Waals surface area contributed by atoms with Gasteiger partial charge in [0.05, 0.1) is 25.4 Å². The number of unbranched alkanes of at least 4 members (excludes halogenated alkanes) is 52. The van der Waals surface area contributed by atoms with Gasteiger partial charge in [-0.25, -0.2) is 0 Å². The molecule has 1 amide bonds. The molecule has 0 radical (unpaired) electrons. The predicted molar refractivity (Wildman–Crippen MR) is 315 cm³/mol. The van der Waals surface area contributed by atoms with Crippen LogP contribution in [0.5, 0.6) is 0 Å². The second kappa shape index (κ2) is 62.4. The zero-order valence-electron chi connectivity index (χ0n) is 49.2. The molecule has 2 atom stereocenters. The summed E-state index contributed by atoms with van der Waals surface area (Å²) in [4.78, 5) is 24.6. The average molecular weight is 1020 g/mol.